The predicted molar refractivity (Wildman–Crippen MR) is 118 cm³/mol. The number of rotatable bonds is 9. The molecule has 7 heteroatoms. The van der Waals surface area contributed by atoms with Gasteiger partial charge < -0.3 is 8.85 Å². The third-order valence-electron chi connectivity index (χ3n) is 4.25. The number of nitrogens with zero attached hydrogens (tertiary/aromatic N) is 1. The maximum Gasteiger partial charge on any atom is 0.372 e. The molecule has 1 aromatic heterocycles. The molecule has 3 rings (SSSR count). The zero-order valence-corrected chi connectivity index (χ0v) is 18.6. The SMILES string of the molecule is CO[Si](CC(C)CSSc1nc2ccccc2s1)(OC)c1ccccc1. The topological polar surface area (TPSA) is 31.4 Å². The highest BCUT2D eigenvalue weighted by molar-refractivity contribution is 8.77. The lowest BCUT2D eigenvalue weighted by Gasteiger charge is -2.30. The van der Waals surface area contributed by atoms with E-state index < -0.39 is 8.56 Å². The second-order valence-electron chi connectivity index (χ2n) is 6.15. The van der Waals surface area contributed by atoms with E-state index in [9.17, 15) is 0 Å². The van der Waals surface area contributed by atoms with Crippen molar-refractivity contribution in [2.45, 2.75) is 17.3 Å². The highest BCUT2D eigenvalue weighted by Gasteiger charge is 2.39. The zero-order chi connectivity index (χ0) is 18.4. The van der Waals surface area contributed by atoms with Crippen LogP contribution in [-0.4, -0.2) is 33.5 Å². The summed E-state index contributed by atoms with van der Waals surface area (Å²) in [5.41, 5.74) is 1.09. The first kappa shape index (κ1) is 19.9. The van der Waals surface area contributed by atoms with E-state index in [1.165, 1.54) is 9.89 Å². The number of hydrogen-bond donors (Lipinski definition) is 0. The fourth-order valence-corrected chi connectivity index (χ4v) is 9.89. The number of thiazole rings is 1. The smallest absolute Gasteiger partial charge is 0.372 e. The number of fused-ring (bicyclic) bond motifs is 1. The molecule has 0 radical (unpaired) electrons. The van der Waals surface area contributed by atoms with E-state index in [4.69, 9.17) is 8.85 Å². The number of hydrogen-bond acceptors (Lipinski definition) is 6. The van der Waals surface area contributed by atoms with E-state index in [1.807, 2.05) is 22.9 Å². The molecule has 0 N–H and O–H groups in total. The van der Waals surface area contributed by atoms with Gasteiger partial charge in [0.15, 0.2) is 4.34 Å². The molecule has 0 bridgehead atoms. The van der Waals surface area contributed by atoms with Crippen LogP contribution in [-0.2, 0) is 8.85 Å². The lowest BCUT2D eigenvalue weighted by atomic mass is 10.3. The summed E-state index contributed by atoms with van der Waals surface area (Å²) in [4.78, 5) is 4.68. The minimum atomic E-state index is -2.37. The van der Waals surface area contributed by atoms with E-state index in [0.717, 1.165) is 21.7 Å². The van der Waals surface area contributed by atoms with Gasteiger partial charge in [-0.05, 0) is 40.1 Å². The van der Waals surface area contributed by atoms with Crippen LogP contribution in [0.3, 0.4) is 0 Å². The van der Waals surface area contributed by atoms with Crippen molar-refractivity contribution < 1.29 is 8.85 Å². The summed E-state index contributed by atoms with van der Waals surface area (Å²) in [6.45, 7) is 2.27. The number of para-hydroxylation sites is 1. The minimum Gasteiger partial charge on any atom is -0.394 e. The molecular formula is C19H23NO2S3Si. The van der Waals surface area contributed by atoms with Gasteiger partial charge in [0, 0.05) is 20.0 Å². The fraction of sp³-hybridized carbons (Fsp3) is 0.316. The largest absolute Gasteiger partial charge is 0.394 e. The molecule has 0 aliphatic rings. The molecule has 0 fully saturated rings. The van der Waals surface area contributed by atoms with Gasteiger partial charge in [-0.15, -0.1) is 11.3 Å². The van der Waals surface area contributed by atoms with E-state index >= 15 is 0 Å². The summed E-state index contributed by atoms with van der Waals surface area (Å²) >= 11 is 1.76. The Hall–Kier alpha value is -0.833. The van der Waals surface area contributed by atoms with E-state index in [2.05, 4.69) is 54.4 Å². The second kappa shape index (κ2) is 9.39. The Labute approximate surface area is 168 Å². The summed E-state index contributed by atoms with van der Waals surface area (Å²) in [7, 11) is 4.81. The second-order valence-corrected chi connectivity index (χ2v) is 13.1. The molecule has 0 saturated heterocycles. The lowest BCUT2D eigenvalue weighted by Crippen LogP contribution is -2.53. The van der Waals surface area contributed by atoms with Gasteiger partial charge in [-0.1, -0.05) is 60.2 Å². The van der Waals surface area contributed by atoms with Gasteiger partial charge >= 0.3 is 8.56 Å². The minimum absolute atomic E-state index is 0.494. The molecule has 0 saturated carbocycles. The quantitative estimate of drug-likeness (QED) is 0.345. The summed E-state index contributed by atoms with van der Waals surface area (Å²) in [5, 5.41) is 1.20. The van der Waals surface area contributed by atoms with Crippen LogP contribution in [0.15, 0.2) is 58.9 Å². The van der Waals surface area contributed by atoms with Crippen LogP contribution in [0.1, 0.15) is 6.92 Å². The molecule has 1 unspecified atom stereocenters. The summed E-state index contributed by atoms with van der Waals surface area (Å²) in [6, 6.07) is 19.6. The first-order chi connectivity index (χ1) is 12.7. The average Bonchev–Trinajstić information content (AvgIpc) is 3.09. The van der Waals surface area contributed by atoms with Crippen molar-refractivity contribution in [2.24, 2.45) is 5.92 Å². The van der Waals surface area contributed by atoms with Crippen LogP contribution in [0.5, 0.6) is 0 Å². The molecule has 2 aromatic carbocycles. The number of aromatic nitrogens is 1. The predicted octanol–water partition coefficient (Wildman–Crippen LogP) is 5.31. The zero-order valence-electron chi connectivity index (χ0n) is 15.2. The Morgan fingerprint density at radius 2 is 1.73 bits per heavy atom. The summed E-state index contributed by atoms with van der Waals surface area (Å²) in [6.07, 6.45) is 0. The molecule has 0 aliphatic carbocycles. The Kier molecular flexibility index (Phi) is 7.19. The van der Waals surface area contributed by atoms with Crippen molar-refractivity contribution >= 4 is 56.9 Å². The lowest BCUT2D eigenvalue weighted by molar-refractivity contribution is 0.252. The Bertz CT molecular complexity index is 791. The molecule has 0 aliphatic heterocycles. The molecule has 3 nitrogen and oxygen atoms in total. The van der Waals surface area contributed by atoms with Crippen molar-refractivity contribution in [1.29, 1.82) is 0 Å². The maximum atomic E-state index is 5.94. The highest BCUT2D eigenvalue weighted by atomic mass is 33.1. The molecule has 1 atom stereocenters. The normalized spacial score (nSPS) is 13.2. The molecule has 3 aromatic rings. The molecule has 26 heavy (non-hydrogen) atoms. The van der Waals surface area contributed by atoms with Crippen LogP contribution in [0.25, 0.3) is 10.2 Å². The summed E-state index contributed by atoms with van der Waals surface area (Å²) in [5.74, 6) is 1.53. The van der Waals surface area contributed by atoms with E-state index in [-0.39, 0.29) is 0 Å². The van der Waals surface area contributed by atoms with Crippen molar-refractivity contribution in [3.05, 3.63) is 54.6 Å². The highest BCUT2D eigenvalue weighted by Crippen LogP contribution is 2.38. The van der Waals surface area contributed by atoms with Crippen LogP contribution in [0.4, 0.5) is 0 Å². The van der Waals surface area contributed by atoms with Gasteiger partial charge in [0.05, 0.1) is 10.2 Å². The Balaban J connectivity index is 1.57. The van der Waals surface area contributed by atoms with Gasteiger partial charge in [0.25, 0.3) is 0 Å². The molecule has 0 amide bonds. The number of benzene rings is 2. The van der Waals surface area contributed by atoms with Gasteiger partial charge in [-0.3, -0.25) is 0 Å². The first-order valence-corrected chi connectivity index (χ1v) is 13.6. The first-order valence-electron chi connectivity index (χ1n) is 8.48. The Morgan fingerprint density at radius 3 is 2.42 bits per heavy atom. The monoisotopic (exact) mass is 421 g/mol. The third kappa shape index (κ3) is 4.71. The maximum absolute atomic E-state index is 5.94. The Morgan fingerprint density at radius 1 is 1.04 bits per heavy atom. The van der Waals surface area contributed by atoms with Gasteiger partial charge in [0.1, 0.15) is 0 Å². The van der Waals surface area contributed by atoms with E-state index in [1.54, 1.807) is 36.4 Å². The molecule has 1 heterocycles. The molecular weight excluding hydrogens is 399 g/mol. The van der Waals surface area contributed by atoms with Crippen molar-refractivity contribution in [3.63, 3.8) is 0 Å². The van der Waals surface area contributed by atoms with Gasteiger partial charge in [-0.2, -0.15) is 0 Å². The van der Waals surface area contributed by atoms with E-state index in [0.29, 0.717) is 5.92 Å². The van der Waals surface area contributed by atoms with Crippen molar-refractivity contribution in [2.75, 3.05) is 20.0 Å². The fourth-order valence-electron chi connectivity index (χ4n) is 2.90. The summed E-state index contributed by atoms with van der Waals surface area (Å²) < 4.78 is 14.2. The van der Waals surface area contributed by atoms with Crippen molar-refractivity contribution in [3.8, 4) is 0 Å². The van der Waals surface area contributed by atoms with Gasteiger partial charge in [0.2, 0.25) is 0 Å². The van der Waals surface area contributed by atoms with Gasteiger partial charge in [-0.25, -0.2) is 4.98 Å². The third-order valence-corrected chi connectivity index (χ3v) is 12.0. The molecule has 0 spiro atoms. The van der Waals surface area contributed by atoms with Crippen LogP contribution < -0.4 is 5.19 Å². The van der Waals surface area contributed by atoms with Crippen molar-refractivity contribution in [1.82, 2.24) is 4.98 Å². The molecule has 138 valence electrons. The van der Waals surface area contributed by atoms with Crippen LogP contribution in [0.2, 0.25) is 6.04 Å². The standard InChI is InChI=1S/C19H23NO2S3Si/c1-15(14-26(21-2,22-3)16-9-5-4-6-10-16)13-23-25-19-20-17-11-7-8-12-18(17)24-19/h4-12,15H,13-14H2,1-3H3. The van der Waals surface area contributed by atoms with Crippen LogP contribution >= 0.6 is 32.9 Å². The van der Waals surface area contributed by atoms with Crippen LogP contribution in [0, 0.1) is 5.92 Å². The average molecular weight is 422 g/mol.